The molecule has 1 aliphatic rings. The van der Waals surface area contributed by atoms with Crippen LogP contribution in [0.1, 0.15) is 41.8 Å². The van der Waals surface area contributed by atoms with Crippen LogP contribution in [0.15, 0.2) is 59.6 Å². The van der Waals surface area contributed by atoms with E-state index in [-0.39, 0.29) is 17.3 Å². The average molecular weight is 563 g/mol. The Balaban J connectivity index is 1.59. The topological polar surface area (TPSA) is 125 Å². The Morgan fingerprint density at radius 2 is 1.95 bits per heavy atom. The van der Waals surface area contributed by atoms with Crippen molar-refractivity contribution in [3.8, 4) is 0 Å². The molecule has 212 valence electrons. The van der Waals surface area contributed by atoms with Gasteiger partial charge in [0, 0.05) is 46.7 Å². The molecule has 4 rings (SSSR count). The van der Waals surface area contributed by atoms with Crippen molar-refractivity contribution in [3.05, 3.63) is 71.9 Å². The number of amides is 1. The first kappa shape index (κ1) is 29.2. The predicted octanol–water partition coefficient (Wildman–Crippen LogP) is 4.83. The van der Waals surface area contributed by atoms with Crippen LogP contribution in [0.3, 0.4) is 0 Å². The van der Waals surface area contributed by atoms with E-state index in [1.807, 2.05) is 6.07 Å². The number of nitrogens with zero attached hydrogens (tertiary/aromatic N) is 5. The highest BCUT2D eigenvalue weighted by atomic mass is 32.2. The molecule has 1 amide bonds. The van der Waals surface area contributed by atoms with Gasteiger partial charge in [-0.2, -0.15) is 9.35 Å². The van der Waals surface area contributed by atoms with Gasteiger partial charge in [0.25, 0.3) is 5.91 Å². The fourth-order valence-corrected chi connectivity index (χ4v) is 5.40. The lowest BCUT2D eigenvalue weighted by Gasteiger charge is -2.34. The molecule has 2 aromatic heterocycles. The maximum atomic E-state index is 12.8. The van der Waals surface area contributed by atoms with Gasteiger partial charge in [-0.25, -0.2) is 14.2 Å². The van der Waals surface area contributed by atoms with Gasteiger partial charge in [0.1, 0.15) is 17.2 Å². The highest BCUT2D eigenvalue weighted by Crippen LogP contribution is 2.29. The summed E-state index contributed by atoms with van der Waals surface area (Å²) in [7, 11) is -2.38. The van der Waals surface area contributed by atoms with Crippen LogP contribution >= 0.6 is 0 Å². The summed E-state index contributed by atoms with van der Waals surface area (Å²) in [6.07, 6.45) is 9.38. The molecule has 10 nitrogen and oxygen atoms in total. The Bertz CT molecular complexity index is 1490. The number of hydrogen-bond acceptors (Lipinski definition) is 9. The fourth-order valence-electron chi connectivity index (χ4n) is 4.85. The summed E-state index contributed by atoms with van der Waals surface area (Å²) in [5.74, 6) is 0.991. The van der Waals surface area contributed by atoms with Crippen molar-refractivity contribution >= 4 is 44.7 Å². The van der Waals surface area contributed by atoms with Gasteiger partial charge in [0.2, 0.25) is 5.95 Å². The van der Waals surface area contributed by atoms with Crippen LogP contribution < -0.4 is 16.0 Å². The SMILES string of the molecule is C=CCNC(=O)c1cnc(Nc2ccc3c(c2)CCC(N(CC)CC)C3)nc1Nc1cccc(N=S(C)(C)=O)n1. The van der Waals surface area contributed by atoms with Crippen LogP contribution in [0.2, 0.25) is 0 Å². The number of aryl methyl sites for hydroxylation is 1. The number of benzene rings is 1. The Hall–Kier alpha value is -3.83. The van der Waals surface area contributed by atoms with Crippen molar-refractivity contribution in [2.75, 3.05) is 42.8 Å². The molecular formula is C29H38N8O2S. The second-order valence-corrected chi connectivity index (χ2v) is 12.5. The Kier molecular flexibility index (Phi) is 9.49. The quantitative estimate of drug-likeness (QED) is 0.284. The van der Waals surface area contributed by atoms with Gasteiger partial charge in [-0.1, -0.05) is 32.1 Å². The van der Waals surface area contributed by atoms with E-state index in [9.17, 15) is 9.00 Å². The predicted molar refractivity (Wildman–Crippen MR) is 163 cm³/mol. The van der Waals surface area contributed by atoms with Crippen molar-refractivity contribution in [1.29, 1.82) is 0 Å². The summed E-state index contributed by atoms with van der Waals surface area (Å²) < 4.78 is 16.3. The smallest absolute Gasteiger partial charge is 0.256 e. The van der Waals surface area contributed by atoms with Gasteiger partial charge in [0.05, 0.1) is 0 Å². The van der Waals surface area contributed by atoms with E-state index < -0.39 is 9.73 Å². The Morgan fingerprint density at radius 3 is 2.67 bits per heavy atom. The third-order valence-corrected chi connectivity index (χ3v) is 7.35. The van der Waals surface area contributed by atoms with Crippen LogP contribution in [0.4, 0.5) is 29.1 Å². The van der Waals surface area contributed by atoms with Crippen molar-refractivity contribution in [3.63, 3.8) is 0 Å². The van der Waals surface area contributed by atoms with Crippen molar-refractivity contribution in [2.24, 2.45) is 4.36 Å². The Morgan fingerprint density at radius 1 is 1.15 bits per heavy atom. The minimum atomic E-state index is -2.38. The van der Waals surface area contributed by atoms with E-state index in [2.05, 4.69) is 72.7 Å². The number of rotatable bonds is 11. The van der Waals surface area contributed by atoms with E-state index in [1.165, 1.54) is 17.3 Å². The molecule has 0 bridgehead atoms. The van der Waals surface area contributed by atoms with Crippen LogP contribution in [0.5, 0.6) is 0 Å². The van der Waals surface area contributed by atoms with Gasteiger partial charge in [0.15, 0.2) is 5.82 Å². The fraction of sp³-hybridized carbons (Fsp3) is 0.379. The molecule has 0 spiro atoms. The van der Waals surface area contributed by atoms with Crippen molar-refractivity contribution < 1.29 is 9.00 Å². The van der Waals surface area contributed by atoms with E-state index in [0.717, 1.165) is 38.0 Å². The molecule has 11 heteroatoms. The average Bonchev–Trinajstić information content (AvgIpc) is 2.92. The largest absolute Gasteiger partial charge is 0.348 e. The minimum absolute atomic E-state index is 0.249. The third-order valence-electron chi connectivity index (χ3n) is 6.73. The molecule has 1 aliphatic carbocycles. The first-order chi connectivity index (χ1) is 19.2. The lowest BCUT2D eigenvalue weighted by molar-refractivity contribution is 0.0958. The van der Waals surface area contributed by atoms with Crippen molar-refractivity contribution in [1.82, 2.24) is 25.2 Å². The number of aromatic nitrogens is 3. The molecule has 1 aromatic carbocycles. The van der Waals surface area contributed by atoms with Gasteiger partial charge in [-0.15, -0.1) is 6.58 Å². The maximum Gasteiger partial charge on any atom is 0.256 e. The lowest BCUT2D eigenvalue weighted by atomic mass is 9.87. The second-order valence-electron chi connectivity index (χ2n) is 9.96. The maximum absolute atomic E-state index is 12.8. The van der Waals surface area contributed by atoms with Crippen LogP contribution in [-0.2, 0) is 22.6 Å². The summed E-state index contributed by atoms with van der Waals surface area (Å²) in [5.41, 5.74) is 3.85. The zero-order valence-electron chi connectivity index (χ0n) is 23.6. The molecule has 0 radical (unpaired) electrons. The summed E-state index contributed by atoms with van der Waals surface area (Å²) in [5, 5.41) is 9.17. The molecule has 0 aliphatic heterocycles. The molecule has 0 saturated heterocycles. The van der Waals surface area contributed by atoms with Crippen LogP contribution in [-0.4, -0.2) is 68.2 Å². The number of carbonyl (C=O) groups is 1. The number of pyridine rings is 1. The summed E-state index contributed by atoms with van der Waals surface area (Å²) in [6.45, 7) is 10.5. The molecule has 3 aromatic rings. The normalized spacial score (nSPS) is 14.8. The highest BCUT2D eigenvalue weighted by Gasteiger charge is 2.23. The van der Waals surface area contributed by atoms with Crippen molar-refractivity contribution in [2.45, 2.75) is 39.2 Å². The standard InChI is InChI=1S/C29H38N8O2S/c1-6-16-30-28(38)24-19-31-29(35-27(24)34-25-10-9-11-26(33-25)36-40(4,5)39)32-22-14-12-21-18-23(37(7-2)8-3)15-13-20(21)17-22/h6,9-12,14,17,19,23H,1,7-8,13,15-16,18H2,2-5H3,(H,30,38)(H2,31,32,33,34,35). The molecule has 0 fully saturated rings. The number of likely N-dealkylation sites (N-methyl/N-ethyl adjacent to an activating group) is 1. The number of nitrogens with one attached hydrogen (secondary N) is 3. The lowest BCUT2D eigenvalue weighted by Crippen LogP contribution is -2.39. The van der Waals surface area contributed by atoms with E-state index >= 15 is 0 Å². The molecular weight excluding hydrogens is 524 g/mol. The van der Waals surface area contributed by atoms with Gasteiger partial charge in [-0.3, -0.25) is 4.79 Å². The van der Waals surface area contributed by atoms with Gasteiger partial charge < -0.3 is 20.9 Å². The summed E-state index contributed by atoms with van der Waals surface area (Å²) in [6, 6.07) is 12.1. The van der Waals surface area contributed by atoms with Gasteiger partial charge >= 0.3 is 0 Å². The molecule has 40 heavy (non-hydrogen) atoms. The first-order valence-corrected chi connectivity index (χ1v) is 15.8. The number of carbonyl (C=O) groups excluding carboxylic acids is 1. The highest BCUT2D eigenvalue weighted by molar-refractivity contribution is 7.92. The zero-order chi connectivity index (χ0) is 28.7. The summed E-state index contributed by atoms with van der Waals surface area (Å²) in [4.78, 5) is 28.8. The molecule has 1 atom stereocenters. The third kappa shape index (κ3) is 7.64. The van der Waals surface area contributed by atoms with Crippen LogP contribution in [0, 0.1) is 0 Å². The van der Waals surface area contributed by atoms with E-state index in [1.54, 1.807) is 36.8 Å². The number of hydrogen-bond donors (Lipinski definition) is 3. The second kappa shape index (κ2) is 13.0. The molecule has 1 unspecified atom stereocenters. The first-order valence-electron chi connectivity index (χ1n) is 13.5. The van der Waals surface area contributed by atoms with E-state index in [4.69, 9.17) is 0 Å². The molecule has 0 saturated carbocycles. The van der Waals surface area contributed by atoms with E-state index in [0.29, 0.717) is 30.2 Å². The summed E-state index contributed by atoms with van der Waals surface area (Å²) >= 11 is 0. The number of fused-ring (bicyclic) bond motifs is 1. The Labute approximate surface area is 236 Å². The molecule has 3 N–H and O–H groups in total. The minimum Gasteiger partial charge on any atom is -0.348 e. The van der Waals surface area contributed by atoms with Gasteiger partial charge in [-0.05, 0) is 67.7 Å². The monoisotopic (exact) mass is 562 g/mol. The number of anilines is 4. The van der Waals surface area contributed by atoms with Crippen LogP contribution in [0.25, 0.3) is 0 Å². The zero-order valence-corrected chi connectivity index (χ0v) is 24.4. The molecule has 2 heterocycles.